The molecule has 1 N–H and O–H groups in total. The third-order valence-electron chi connectivity index (χ3n) is 3.17. The van der Waals surface area contributed by atoms with Gasteiger partial charge in [0.25, 0.3) is 0 Å². The Bertz CT molecular complexity index is 446. The molecule has 2 heterocycles. The van der Waals surface area contributed by atoms with Gasteiger partial charge in [0.15, 0.2) is 0 Å². The van der Waals surface area contributed by atoms with Crippen LogP contribution in [0.5, 0.6) is 0 Å². The maximum atomic E-state index is 8.71. The number of rotatable bonds is 4. The third kappa shape index (κ3) is 4.85. The summed E-state index contributed by atoms with van der Waals surface area (Å²) in [6, 6.07) is 4.29. The molecule has 0 aliphatic carbocycles. The Balaban J connectivity index is 1.87. The molecule has 1 unspecified atom stereocenters. The van der Waals surface area contributed by atoms with E-state index in [0.717, 1.165) is 16.7 Å². The van der Waals surface area contributed by atoms with Crippen molar-refractivity contribution in [2.45, 2.75) is 31.6 Å². The molecule has 2 nitrogen and oxygen atoms in total. The Morgan fingerprint density at radius 2 is 2.37 bits per heavy atom. The van der Waals surface area contributed by atoms with Crippen LogP contribution >= 0.6 is 23.1 Å². The van der Waals surface area contributed by atoms with Crippen LogP contribution in [0.1, 0.15) is 29.5 Å². The smallest absolute Gasteiger partial charge is 0.0771 e. The molecular weight excluding hydrogens is 274 g/mol. The summed E-state index contributed by atoms with van der Waals surface area (Å²) in [7, 11) is 0. The molecule has 1 saturated heterocycles. The van der Waals surface area contributed by atoms with Gasteiger partial charge in [-0.25, -0.2) is 0 Å². The number of aliphatic hydroxyl groups is 1. The van der Waals surface area contributed by atoms with Crippen molar-refractivity contribution in [3.63, 3.8) is 0 Å². The summed E-state index contributed by atoms with van der Waals surface area (Å²) in [6.07, 6.45) is 1.83. The van der Waals surface area contributed by atoms with E-state index in [0.29, 0.717) is 6.42 Å². The van der Waals surface area contributed by atoms with E-state index < -0.39 is 0 Å². The van der Waals surface area contributed by atoms with Gasteiger partial charge in [0.2, 0.25) is 0 Å². The largest absolute Gasteiger partial charge is 0.395 e. The fourth-order valence-electron chi connectivity index (χ4n) is 2.13. The van der Waals surface area contributed by atoms with Gasteiger partial charge in [-0.2, -0.15) is 11.8 Å². The minimum atomic E-state index is 0.148. The van der Waals surface area contributed by atoms with E-state index in [4.69, 9.17) is 5.11 Å². The van der Waals surface area contributed by atoms with Crippen LogP contribution in [0.3, 0.4) is 0 Å². The first-order valence-electron chi connectivity index (χ1n) is 6.84. The van der Waals surface area contributed by atoms with Crippen LogP contribution in [0.25, 0.3) is 0 Å². The number of nitrogens with zero attached hydrogens (tertiary/aromatic N) is 1. The quantitative estimate of drug-likeness (QED) is 0.864. The van der Waals surface area contributed by atoms with Crippen molar-refractivity contribution in [2.75, 3.05) is 25.4 Å². The lowest BCUT2D eigenvalue weighted by Crippen LogP contribution is -2.36. The van der Waals surface area contributed by atoms with Gasteiger partial charge in [0.1, 0.15) is 0 Å². The van der Waals surface area contributed by atoms with Crippen LogP contribution < -0.4 is 0 Å². The molecule has 1 aliphatic rings. The van der Waals surface area contributed by atoms with Crippen molar-refractivity contribution in [1.29, 1.82) is 0 Å². The molecule has 1 aromatic heterocycles. The molecule has 0 bridgehead atoms. The summed E-state index contributed by atoms with van der Waals surface area (Å²) in [5, 5.41) is 9.51. The summed E-state index contributed by atoms with van der Waals surface area (Å²) in [6.45, 7) is 5.90. The molecule has 0 saturated carbocycles. The van der Waals surface area contributed by atoms with E-state index in [1.165, 1.54) is 30.1 Å². The SMILES string of the molecule is CCC1CN(Cc2ccc(C#CCCO)s2)CCS1. The summed E-state index contributed by atoms with van der Waals surface area (Å²) >= 11 is 3.89. The van der Waals surface area contributed by atoms with Gasteiger partial charge < -0.3 is 5.11 Å². The topological polar surface area (TPSA) is 23.5 Å². The maximum absolute atomic E-state index is 8.71. The van der Waals surface area contributed by atoms with Gasteiger partial charge in [0, 0.05) is 41.9 Å². The lowest BCUT2D eigenvalue weighted by molar-refractivity contribution is 0.275. The fourth-order valence-corrected chi connectivity index (χ4v) is 4.30. The summed E-state index contributed by atoms with van der Waals surface area (Å²) in [5.41, 5.74) is 0. The number of thiophene rings is 1. The molecule has 1 aromatic rings. The Labute approximate surface area is 124 Å². The molecule has 1 aliphatic heterocycles. The Hall–Kier alpha value is -0.470. The zero-order valence-corrected chi connectivity index (χ0v) is 13.0. The number of hydrogen-bond donors (Lipinski definition) is 1. The van der Waals surface area contributed by atoms with Crippen molar-refractivity contribution < 1.29 is 5.11 Å². The minimum Gasteiger partial charge on any atom is -0.395 e. The number of thioether (sulfide) groups is 1. The van der Waals surface area contributed by atoms with E-state index in [1.807, 2.05) is 0 Å². The molecule has 0 radical (unpaired) electrons. The highest BCUT2D eigenvalue weighted by Crippen LogP contribution is 2.24. The number of hydrogen-bond acceptors (Lipinski definition) is 4. The summed E-state index contributed by atoms with van der Waals surface area (Å²) in [5.74, 6) is 7.34. The van der Waals surface area contributed by atoms with E-state index in [1.54, 1.807) is 11.3 Å². The zero-order valence-electron chi connectivity index (χ0n) is 11.4. The highest BCUT2D eigenvalue weighted by Gasteiger charge is 2.19. The first kappa shape index (κ1) is 14.9. The molecule has 19 heavy (non-hydrogen) atoms. The van der Waals surface area contributed by atoms with Crippen LogP contribution in [0.15, 0.2) is 12.1 Å². The lowest BCUT2D eigenvalue weighted by atomic mass is 10.3. The van der Waals surface area contributed by atoms with Gasteiger partial charge in [-0.15, -0.1) is 11.3 Å². The van der Waals surface area contributed by atoms with Gasteiger partial charge in [0.05, 0.1) is 11.5 Å². The second kappa shape index (κ2) is 7.96. The monoisotopic (exact) mass is 295 g/mol. The van der Waals surface area contributed by atoms with Crippen LogP contribution in [0, 0.1) is 11.8 Å². The molecule has 0 aromatic carbocycles. The maximum Gasteiger partial charge on any atom is 0.0771 e. The molecule has 0 amide bonds. The normalized spacial score (nSPS) is 20.0. The molecule has 0 spiro atoms. The minimum absolute atomic E-state index is 0.148. The Kier molecular flexibility index (Phi) is 6.25. The average Bonchev–Trinajstić information content (AvgIpc) is 2.87. The third-order valence-corrected chi connectivity index (χ3v) is 5.53. The standard InChI is InChI=1S/C15H21NOS2/c1-2-13-11-16(8-10-18-13)12-15-7-6-14(19-15)5-3-4-9-17/h6-7,13,17H,2,4,8-12H2,1H3. The van der Waals surface area contributed by atoms with Gasteiger partial charge in [-0.05, 0) is 18.6 Å². The Morgan fingerprint density at radius 1 is 1.47 bits per heavy atom. The molecule has 4 heteroatoms. The van der Waals surface area contributed by atoms with E-state index >= 15 is 0 Å². The Morgan fingerprint density at radius 3 is 3.16 bits per heavy atom. The predicted octanol–water partition coefficient (Wildman–Crippen LogP) is 2.81. The van der Waals surface area contributed by atoms with E-state index in [-0.39, 0.29) is 6.61 Å². The fraction of sp³-hybridized carbons (Fsp3) is 0.600. The van der Waals surface area contributed by atoms with E-state index in [2.05, 4.69) is 47.6 Å². The zero-order chi connectivity index (χ0) is 13.5. The predicted molar refractivity (Wildman–Crippen MR) is 84.7 cm³/mol. The lowest BCUT2D eigenvalue weighted by Gasteiger charge is -2.31. The van der Waals surface area contributed by atoms with Crippen molar-refractivity contribution in [1.82, 2.24) is 4.90 Å². The number of aliphatic hydroxyl groups excluding tert-OH is 1. The average molecular weight is 295 g/mol. The van der Waals surface area contributed by atoms with Crippen LogP contribution in [0.4, 0.5) is 0 Å². The molecule has 1 fully saturated rings. The summed E-state index contributed by atoms with van der Waals surface area (Å²) < 4.78 is 0. The van der Waals surface area contributed by atoms with Crippen LogP contribution in [-0.4, -0.2) is 40.7 Å². The van der Waals surface area contributed by atoms with Gasteiger partial charge >= 0.3 is 0 Å². The first-order valence-corrected chi connectivity index (χ1v) is 8.70. The highest BCUT2D eigenvalue weighted by atomic mass is 32.2. The van der Waals surface area contributed by atoms with Crippen LogP contribution in [-0.2, 0) is 6.54 Å². The van der Waals surface area contributed by atoms with Gasteiger partial charge in [-0.1, -0.05) is 18.8 Å². The second-order valence-corrected chi connectivity index (χ2v) is 7.25. The second-order valence-electron chi connectivity index (χ2n) is 4.68. The van der Waals surface area contributed by atoms with Crippen molar-refractivity contribution in [3.05, 3.63) is 21.9 Å². The molecule has 1 atom stereocenters. The van der Waals surface area contributed by atoms with Crippen molar-refractivity contribution >= 4 is 23.1 Å². The summed E-state index contributed by atoms with van der Waals surface area (Å²) in [4.78, 5) is 5.07. The first-order chi connectivity index (χ1) is 9.31. The molecular formula is C15H21NOS2. The molecule has 2 rings (SSSR count). The van der Waals surface area contributed by atoms with Crippen molar-refractivity contribution in [3.8, 4) is 11.8 Å². The molecule has 104 valence electrons. The van der Waals surface area contributed by atoms with Gasteiger partial charge in [-0.3, -0.25) is 4.90 Å². The van der Waals surface area contributed by atoms with E-state index in [9.17, 15) is 0 Å². The van der Waals surface area contributed by atoms with Crippen molar-refractivity contribution in [2.24, 2.45) is 0 Å². The van der Waals surface area contributed by atoms with Crippen LogP contribution in [0.2, 0.25) is 0 Å². The highest BCUT2D eigenvalue weighted by molar-refractivity contribution is 8.00.